The third-order valence-electron chi connectivity index (χ3n) is 5.17. The van der Waals surface area contributed by atoms with E-state index in [9.17, 15) is 14.4 Å². The van der Waals surface area contributed by atoms with Gasteiger partial charge in [-0.3, -0.25) is 20.2 Å². The molecule has 8 nitrogen and oxygen atoms in total. The van der Waals surface area contributed by atoms with Gasteiger partial charge in [0.1, 0.15) is 5.78 Å². The van der Waals surface area contributed by atoms with E-state index in [2.05, 4.69) is 21.0 Å². The van der Waals surface area contributed by atoms with E-state index in [1.165, 1.54) is 6.92 Å². The smallest absolute Gasteiger partial charge is 0.249 e. The fourth-order valence-corrected chi connectivity index (χ4v) is 4.13. The van der Waals surface area contributed by atoms with Crippen molar-refractivity contribution < 1.29 is 9.59 Å². The molecule has 0 atom stereocenters. The lowest BCUT2D eigenvalue weighted by atomic mass is 10.0. The lowest BCUT2D eigenvalue weighted by molar-refractivity contribution is -0.126. The second-order valence-corrected chi connectivity index (χ2v) is 9.42. The van der Waals surface area contributed by atoms with E-state index >= 15 is 0 Å². The molecule has 1 aromatic heterocycles. The molecule has 1 amide bonds. The Kier molecular flexibility index (Phi) is 10.4. The first-order valence-corrected chi connectivity index (χ1v) is 12.5. The fourth-order valence-electron chi connectivity index (χ4n) is 3.51. The van der Waals surface area contributed by atoms with Crippen LogP contribution in [0, 0.1) is 0 Å². The number of nitrogen functional groups attached to an aromatic ring is 1. The number of benzene rings is 2. The van der Waals surface area contributed by atoms with Gasteiger partial charge in [0, 0.05) is 28.6 Å². The lowest BCUT2D eigenvalue weighted by Crippen LogP contribution is -2.39. The van der Waals surface area contributed by atoms with Crippen LogP contribution < -0.4 is 27.5 Å². The van der Waals surface area contributed by atoms with Gasteiger partial charge < -0.3 is 21.0 Å². The molecule has 0 radical (unpaired) electrons. The van der Waals surface area contributed by atoms with Crippen molar-refractivity contribution in [3.05, 3.63) is 98.9 Å². The van der Waals surface area contributed by atoms with Gasteiger partial charge in [-0.2, -0.15) is 0 Å². The van der Waals surface area contributed by atoms with Crippen molar-refractivity contribution >= 4 is 68.8 Å². The standard InChI is InChI=1S/C15H12ClN3O.C12H13ClN2O2S/c16-12-6-11-10(9-4-2-1-3-5-9)7-15(20)18-13(11)8-14(12)19-17;1-8(16)7-11(17)15-12(18)14-10-4-2-3-9(13)5-6-10/h1-8,19H,17H2,(H,18,20);2-3,5-6H,4,7H2,1H3,(H2,14,15,17,18). The van der Waals surface area contributed by atoms with Crippen LogP contribution in [0.15, 0.2) is 88.4 Å². The Morgan fingerprint density at radius 2 is 1.84 bits per heavy atom. The summed E-state index contributed by atoms with van der Waals surface area (Å²) < 4.78 is 0. The summed E-state index contributed by atoms with van der Waals surface area (Å²) in [5.41, 5.74) is 6.23. The molecule has 0 spiro atoms. The van der Waals surface area contributed by atoms with Crippen LogP contribution in [0.1, 0.15) is 19.8 Å². The molecular weight excluding hydrogens is 545 g/mol. The monoisotopic (exact) mass is 569 g/mol. The molecule has 11 heteroatoms. The number of ketones is 1. The maximum absolute atomic E-state index is 11.8. The zero-order valence-electron chi connectivity index (χ0n) is 20.3. The van der Waals surface area contributed by atoms with Gasteiger partial charge >= 0.3 is 0 Å². The van der Waals surface area contributed by atoms with Gasteiger partial charge in [-0.15, -0.1) is 0 Å². The number of hydrogen-bond donors (Lipinski definition) is 5. The zero-order valence-corrected chi connectivity index (χ0v) is 22.6. The van der Waals surface area contributed by atoms with E-state index in [1.807, 2.05) is 36.4 Å². The largest absolute Gasteiger partial charge is 0.336 e. The molecule has 196 valence electrons. The Hall–Kier alpha value is -3.76. The number of amides is 1. The van der Waals surface area contributed by atoms with Gasteiger partial charge in [-0.05, 0) is 60.6 Å². The summed E-state index contributed by atoms with van der Waals surface area (Å²) in [6.07, 6.45) is 7.63. The highest BCUT2D eigenvalue weighted by Crippen LogP contribution is 2.32. The predicted octanol–water partition coefficient (Wildman–Crippen LogP) is 5.06. The molecule has 0 fully saturated rings. The maximum atomic E-state index is 11.8. The molecule has 3 aromatic rings. The Morgan fingerprint density at radius 3 is 2.53 bits per heavy atom. The first kappa shape index (κ1) is 28.8. The second-order valence-electron chi connectivity index (χ2n) is 8.17. The number of rotatable bonds is 5. The van der Waals surface area contributed by atoms with Crippen LogP contribution in [0.4, 0.5) is 5.69 Å². The van der Waals surface area contributed by atoms with Crippen LogP contribution in [-0.4, -0.2) is 21.8 Å². The summed E-state index contributed by atoms with van der Waals surface area (Å²) >= 11 is 17.0. The number of aromatic amines is 1. The third-order valence-corrected chi connectivity index (χ3v) is 5.93. The SMILES string of the molecule is CC(=O)CC(=O)NC(=S)NC1=CC=C(Cl)C=CC1.NNc1cc2[nH]c(=O)cc(-c3ccccc3)c2cc1Cl. The van der Waals surface area contributed by atoms with Gasteiger partial charge in [-0.1, -0.05) is 59.6 Å². The van der Waals surface area contributed by atoms with E-state index < -0.39 is 5.91 Å². The Balaban J connectivity index is 0.000000212. The molecule has 1 aliphatic rings. The Bertz CT molecular complexity index is 1510. The maximum Gasteiger partial charge on any atom is 0.249 e. The van der Waals surface area contributed by atoms with Crippen LogP contribution in [0.5, 0.6) is 0 Å². The number of nitrogens with one attached hydrogen (secondary N) is 4. The lowest BCUT2D eigenvalue weighted by Gasteiger charge is -2.10. The zero-order chi connectivity index (χ0) is 27.7. The van der Waals surface area contributed by atoms with Crippen molar-refractivity contribution in [3.8, 4) is 11.1 Å². The van der Waals surface area contributed by atoms with Crippen LogP contribution in [-0.2, 0) is 9.59 Å². The molecule has 0 unspecified atom stereocenters. The van der Waals surface area contributed by atoms with E-state index in [0.29, 0.717) is 27.7 Å². The van der Waals surface area contributed by atoms with Gasteiger partial charge in [-0.25, -0.2) is 0 Å². The summed E-state index contributed by atoms with van der Waals surface area (Å²) in [5, 5.41) is 7.49. The van der Waals surface area contributed by atoms with Crippen LogP contribution >= 0.6 is 35.4 Å². The van der Waals surface area contributed by atoms with Crippen molar-refractivity contribution in [2.75, 3.05) is 5.43 Å². The minimum Gasteiger partial charge on any atom is -0.336 e. The van der Waals surface area contributed by atoms with E-state index in [0.717, 1.165) is 22.2 Å². The minimum atomic E-state index is -0.418. The van der Waals surface area contributed by atoms with Crippen molar-refractivity contribution in [1.82, 2.24) is 15.6 Å². The molecule has 0 bridgehead atoms. The number of anilines is 1. The van der Waals surface area contributed by atoms with Crippen LogP contribution in [0.3, 0.4) is 0 Å². The highest BCUT2D eigenvalue weighted by atomic mass is 35.5. The topological polar surface area (TPSA) is 129 Å². The van der Waals surface area contributed by atoms with Gasteiger partial charge in [0.15, 0.2) is 5.11 Å². The van der Waals surface area contributed by atoms with Gasteiger partial charge in [0.25, 0.3) is 0 Å². The first-order valence-electron chi connectivity index (χ1n) is 11.4. The van der Waals surface area contributed by atoms with Gasteiger partial charge in [0.2, 0.25) is 11.5 Å². The second kappa shape index (κ2) is 13.7. The average molecular weight is 571 g/mol. The molecule has 0 aliphatic heterocycles. The molecular formula is C27H25Cl2N5O3S. The highest BCUT2D eigenvalue weighted by molar-refractivity contribution is 7.80. The predicted molar refractivity (Wildman–Crippen MR) is 158 cm³/mol. The van der Waals surface area contributed by atoms with Crippen LogP contribution in [0.2, 0.25) is 5.02 Å². The molecule has 0 saturated carbocycles. The minimum absolute atomic E-state index is 0.165. The normalized spacial score (nSPS) is 12.3. The number of hydrazine groups is 1. The van der Waals surface area contributed by atoms with Crippen molar-refractivity contribution in [2.24, 2.45) is 5.84 Å². The summed E-state index contributed by atoms with van der Waals surface area (Å²) in [5.74, 6) is 4.78. The number of nitrogens with two attached hydrogens (primary N) is 1. The summed E-state index contributed by atoms with van der Waals surface area (Å²) in [6, 6.07) is 14.8. The number of Topliss-reactive ketones (excluding diaryl/α,β-unsaturated/α-hetero) is 1. The van der Waals surface area contributed by atoms with E-state index in [1.54, 1.807) is 36.4 Å². The highest BCUT2D eigenvalue weighted by Gasteiger charge is 2.10. The number of allylic oxidation sites excluding steroid dienone is 5. The Labute approximate surface area is 234 Å². The summed E-state index contributed by atoms with van der Waals surface area (Å²) in [4.78, 5) is 36.7. The average Bonchev–Trinajstić information content (AvgIpc) is 3.07. The van der Waals surface area contributed by atoms with Crippen molar-refractivity contribution in [2.45, 2.75) is 19.8 Å². The van der Waals surface area contributed by atoms with Crippen molar-refractivity contribution in [3.63, 3.8) is 0 Å². The Morgan fingerprint density at radius 1 is 1.11 bits per heavy atom. The number of pyridine rings is 1. The quantitative estimate of drug-likeness (QED) is 0.126. The summed E-state index contributed by atoms with van der Waals surface area (Å²) in [7, 11) is 0. The molecule has 1 heterocycles. The number of carbonyl (C=O) groups is 2. The van der Waals surface area contributed by atoms with E-state index in [4.69, 9.17) is 41.3 Å². The van der Waals surface area contributed by atoms with Gasteiger partial charge in [0.05, 0.1) is 22.6 Å². The molecule has 38 heavy (non-hydrogen) atoms. The number of carbonyl (C=O) groups excluding carboxylic acids is 2. The first-order chi connectivity index (χ1) is 18.2. The molecule has 2 aromatic carbocycles. The fraction of sp³-hybridized carbons (Fsp3) is 0.111. The molecule has 4 rings (SSSR count). The number of aromatic nitrogens is 1. The number of halogens is 2. The number of thiocarbonyl (C=S) groups is 1. The van der Waals surface area contributed by atoms with E-state index in [-0.39, 0.29) is 22.9 Å². The van der Waals surface area contributed by atoms with Crippen molar-refractivity contribution in [1.29, 1.82) is 0 Å². The third kappa shape index (κ3) is 8.39. The molecule has 6 N–H and O–H groups in total. The van der Waals surface area contributed by atoms with Crippen LogP contribution in [0.25, 0.3) is 22.0 Å². The molecule has 0 saturated heterocycles. The summed E-state index contributed by atoms with van der Waals surface area (Å²) in [6.45, 7) is 1.35. The number of hydrogen-bond acceptors (Lipinski definition) is 6. The number of H-pyrrole nitrogens is 1. The molecule has 1 aliphatic carbocycles. The number of fused-ring (bicyclic) bond motifs is 1.